The first-order valence-electron chi connectivity index (χ1n) is 8.19. The highest BCUT2D eigenvalue weighted by molar-refractivity contribution is 7.89. The lowest BCUT2D eigenvalue weighted by molar-refractivity contribution is 0.330. The lowest BCUT2D eigenvalue weighted by atomic mass is 10.3. The molecule has 0 saturated carbocycles. The molecule has 0 atom stereocenters. The molecular weight excluding hydrogens is 386 g/mol. The summed E-state index contributed by atoms with van der Waals surface area (Å²) in [5.41, 5.74) is 1.31. The normalized spacial score (nSPS) is 11.1. The zero-order chi connectivity index (χ0) is 20.0. The molecule has 2 N–H and O–H groups in total. The van der Waals surface area contributed by atoms with Gasteiger partial charge in [-0.3, -0.25) is 0 Å². The van der Waals surface area contributed by atoms with E-state index in [1.165, 1.54) is 20.2 Å². The number of methoxy groups -OCH3 is 1. The summed E-state index contributed by atoms with van der Waals surface area (Å²) in [4.78, 5) is 0.0756. The molecule has 0 aliphatic carbocycles. The Morgan fingerprint density at radius 2 is 1.67 bits per heavy atom. The number of rotatable bonds is 7. The van der Waals surface area contributed by atoms with Crippen LogP contribution in [-0.2, 0) is 10.0 Å². The SMILES string of the molecule is CCOc1ccc(NC(=S)Nc2ccc(OC)cc2)cc1S(=O)(=O)N(C)C. The minimum absolute atomic E-state index is 0.0756. The maximum atomic E-state index is 12.6. The summed E-state index contributed by atoms with van der Waals surface area (Å²) in [6.07, 6.45) is 0. The summed E-state index contributed by atoms with van der Waals surface area (Å²) in [6, 6.07) is 12.1. The van der Waals surface area contributed by atoms with Crippen molar-refractivity contribution < 1.29 is 17.9 Å². The molecule has 0 spiro atoms. The van der Waals surface area contributed by atoms with Crippen molar-refractivity contribution >= 4 is 38.7 Å². The highest BCUT2D eigenvalue weighted by atomic mass is 32.2. The van der Waals surface area contributed by atoms with Crippen LogP contribution in [0.15, 0.2) is 47.4 Å². The Hall–Kier alpha value is -2.36. The minimum Gasteiger partial charge on any atom is -0.497 e. The van der Waals surface area contributed by atoms with Crippen molar-refractivity contribution in [3.05, 3.63) is 42.5 Å². The van der Waals surface area contributed by atoms with Crippen LogP contribution < -0.4 is 20.1 Å². The predicted octanol–water partition coefficient (Wildman–Crippen LogP) is 3.15. The molecule has 0 aromatic heterocycles. The monoisotopic (exact) mass is 409 g/mol. The highest BCUT2D eigenvalue weighted by Gasteiger charge is 2.23. The van der Waals surface area contributed by atoms with E-state index in [1.54, 1.807) is 26.2 Å². The Morgan fingerprint density at radius 3 is 2.22 bits per heavy atom. The lowest BCUT2D eigenvalue weighted by Gasteiger charge is -2.17. The van der Waals surface area contributed by atoms with Crippen LogP contribution in [0.5, 0.6) is 11.5 Å². The van der Waals surface area contributed by atoms with Crippen LogP contribution in [0.25, 0.3) is 0 Å². The number of thiocarbonyl (C=S) groups is 1. The quantitative estimate of drug-likeness (QED) is 0.680. The van der Waals surface area contributed by atoms with Gasteiger partial charge in [-0.15, -0.1) is 0 Å². The summed E-state index contributed by atoms with van der Waals surface area (Å²) in [5, 5.41) is 6.36. The minimum atomic E-state index is -3.66. The molecule has 0 fully saturated rings. The molecule has 7 nitrogen and oxygen atoms in total. The van der Waals surface area contributed by atoms with E-state index in [4.69, 9.17) is 21.7 Å². The standard InChI is InChI=1S/C18H23N3O4S2/c1-5-25-16-11-8-14(12-17(16)27(22,23)21(2)3)20-18(26)19-13-6-9-15(24-4)10-7-13/h6-12H,5H2,1-4H3,(H2,19,20,26). The molecule has 0 bridgehead atoms. The fraction of sp³-hybridized carbons (Fsp3) is 0.278. The third-order valence-corrected chi connectivity index (χ3v) is 5.65. The first-order chi connectivity index (χ1) is 12.8. The van der Waals surface area contributed by atoms with E-state index in [1.807, 2.05) is 24.3 Å². The molecule has 0 amide bonds. The van der Waals surface area contributed by atoms with E-state index in [0.717, 1.165) is 15.7 Å². The second-order valence-electron chi connectivity index (χ2n) is 5.69. The largest absolute Gasteiger partial charge is 0.497 e. The van der Waals surface area contributed by atoms with Crippen LogP contribution in [0.3, 0.4) is 0 Å². The first kappa shape index (κ1) is 20.9. The highest BCUT2D eigenvalue weighted by Crippen LogP contribution is 2.29. The van der Waals surface area contributed by atoms with Crippen LogP contribution in [-0.4, -0.2) is 45.6 Å². The molecular formula is C18H23N3O4S2. The predicted molar refractivity (Wildman–Crippen MR) is 111 cm³/mol. The Balaban J connectivity index is 2.21. The zero-order valence-electron chi connectivity index (χ0n) is 15.6. The summed E-state index contributed by atoms with van der Waals surface area (Å²) in [6.45, 7) is 2.16. The number of benzene rings is 2. The van der Waals surface area contributed by atoms with E-state index < -0.39 is 10.0 Å². The Bertz CT molecular complexity index is 897. The second kappa shape index (κ2) is 9.03. The van der Waals surface area contributed by atoms with Crippen molar-refractivity contribution in [2.45, 2.75) is 11.8 Å². The molecule has 2 aromatic carbocycles. The average Bonchev–Trinajstić information content (AvgIpc) is 2.63. The topological polar surface area (TPSA) is 79.9 Å². The Labute approximate surface area is 165 Å². The number of anilines is 2. The van der Waals surface area contributed by atoms with Crippen molar-refractivity contribution in [2.24, 2.45) is 0 Å². The first-order valence-corrected chi connectivity index (χ1v) is 10.0. The molecule has 0 aliphatic heterocycles. The maximum absolute atomic E-state index is 12.6. The van der Waals surface area contributed by atoms with Gasteiger partial charge in [-0.2, -0.15) is 0 Å². The van der Waals surface area contributed by atoms with Gasteiger partial charge in [0, 0.05) is 25.5 Å². The summed E-state index contributed by atoms with van der Waals surface area (Å²) >= 11 is 5.31. The van der Waals surface area contributed by atoms with Crippen LogP contribution in [0.1, 0.15) is 6.92 Å². The van der Waals surface area contributed by atoms with Crippen LogP contribution in [0.2, 0.25) is 0 Å². The lowest BCUT2D eigenvalue weighted by Crippen LogP contribution is -2.24. The van der Waals surface area contributed by atoms with Gasteiger partial charge in [0.1, 0.15) is 16.4 Å². The molecule has 146 valence electrons. The van der Waals surface area contributed by atoms with Gasteiger partial charge in [0.2, 0.25) is 10.0 Å². The van der Waals surface area contributed by atoms with Gasteiger partial charge in [0.15, 0.2) is 5.11 Å². The molecule has 9 heteroatoms. The molecule has 0 radical (unpaired) electrons. The van der Waals surface area contributed by atoms with E-state index in [9.17, 15) is 8.42 Å². The van der Waals surface area contributed by atoms with Gasteiger partial charge >= 0.3 is 0 Å². The number of ether oxygens (including phenoxy) is 2. The Kier molecular flexibility index (Phi) is 7.00. The van der Waals surface area contributed by atoms with Crippen LogP contribution >= 0.6 is 12.2 Å². The van der Waals surface area contributed by atoms with Crippen molar-refractivity contribution in [2.75, 3.05) is 38.4 Å². The van der Waals surface area contributed by atoms with Gasteiger partial charge in [0.05, 0.1) is 13.7 Å². The van der Waals surface area contributed by atoms with Crippen LogP contribution in [0, 0.1) is 0 Å². The summed E-state index contributed by atoms with van der Waals surface area (Å²) in [5.74, 6) is 1.04. The maximum Gasteiger partial charge on any atom is 0.246 e. The number of sulfonamides is 1. The van der Waals surface area contributed by atoms with Crippen molar-refractivity contribution in [3.63, 3.8) is 0 Å². The number of nitrogens with zero attached hydrogens (tertiary/aromatic N) is 1. The molecule has 2 rings (SSSR count). The fourth-order valence-corrected chi connectivity index (χ4v) is 3.51. The summed E-state index contributed by atoms with van der Waals surface area (Å²) < 4.78 is 36.9. The number of hydrogen-bond donors (Lipinski definition) is 2. The van der Waals surface area contributed by atoms with Gasteiger partial charge in [-0.1, -0.05) is 0 Å². The number of nitrogens with one attached hydrogen (secondary N) is 2. The third-order valence-electron chi connectivity index (χ3n) is 3.61. The van der Waals surface area contributed by atoms with Crippen molar-refractivity contribution in [3.8, 4) is 11.5 Å². The van der Waals surface area contributed by atoms with Gasteiger partial charge in [-0.25, -0.2) is 12.7 Å². The molecule has 0 heterocycles. The van der Waals surface area contributed by atoms with Gasteiger partial charge < -0.3 is 20.1 Å². The smallest absolute Gasteiger partial charge is 0.246 e. The zero-order valence-corrected chi connectivity index (χ0v) is 17.3. The summed E-state index contributed by atoms with van der Waals surface area (Å²) in [7, 11) is 0.880. The van der Waals surface area contributed by atoms with Gasteiger partial charge in [-0.05, 0) is 61.6 Å². The molecule has 2 aromatic rings. The van der Waals surface area contributed by atoms with E-state index in [0.29, 0.717) is 23.2 Å². The number of hydrogen-bond acceptors (Lipinski definition) is 5. The van der Waals surface area contributed by atoms with Crippen LogP contribution in [0.4, 0.5) is 11.4 Å². The average molecular weight is 410 g/mol. The fourth-order valence-electron chi connectivity index (χ4n) is 2.23. The molecule has 27 heavy (non-hydrogen) atoms. The third kappa shape index (κ3) is 5.31. The van der Waals surface area contributed by atoms with E-state index in [2.05, 4.69) is 10.6 Å². The molecule has 0 aliphatic rings. The van der Waals surface area contributed by atoms with Crippen molar-refractivity contribution in [1.82, 2.24) is 4.31 Å². The van der Waals surface area contributed by atoms with Gasteiger partial charge in [0.25, 0.3) is 0 Å². The van der Waals surface area contributed by atoms with E-state index >= 15 is 0 Å². The Morgan fingerprint density at radius 1 is 1.07 bits per heavy atom. The second-order valence-corrected chi connectivity index (χ2v) is 8.22. The van der Waals surface area contributed by atoms with Crippen molar-refractivity contribution in [1.29, 1.82) is 0 Å². The van der Waals surface area contributed by atoms with E-state index in [-0.39, 0.29) is 4.90 Å². The molecule has 0 unspecified atom stereocenters. The molecule has 0 saturated heterocycles.